The van der Waals surface area contributed by atoms with Crippen LogP contribution in [-0.4, -0.2) is 41.0 Å². The number of nitriles is 1. The van der Waals surface area contributed by atoms with Crippen LogP contribution in [0.15, 0.2) is 30.6 Å². The third-order valence-corrected chi connectivity index (χ3v) is 6.84. The van der Waals surface area contributed by atoms with Crippen molar-refractivity contribution in [3.05, 3.63) is 52.2 Å². The van der Waals surface area contributed by atoms with E-state index in [2.05, 4.69) is 38.0 Å². The van der Waals surface area contributed by atoms with Crippen molar-refractivity contribution >= 4 is 27.4 Å². The summed E-state index contributed by atoms with van der Waals surface area (Å²) in [7, 11) is 0. The summed E-state index contributed by atoms with van der Waals surface area (Å²) in [6, 6.07) is 10.1. The van der Waals surface area contributed by atoms with Crippen LogP contribution in [0.3, 0.4) is 0 Å². The standard InChI is InChI=1S/C21H21N5S/c22-12-15-4-6-16(7-5-15)13-25-8-10-26(11-9-25)20-19-17-2-1-3-18(17)27-21(19)24-14-23-20/h4-7,14H,1-3,8-11,13H2. The Morgan fingerprint density at radius 3 is 2.63 bits per heavy atom. The van der Waals surface area contributed by atoms with Gasteiger partial charge in [0.2, 0.25) is 0 Å². The summed E-state index contributed by atoms with van der Waals surface area (Å²) in [5, 5.41) is 10.2. The molecule has 0 radical (unpaired) electrons. The highest BCUT2D eigenvalue weighted by Gasteiger charge is 2.25. The SMILES string of the molecule is N#Cc1ccc(CN2CCN(c3ncnc4sc5c(c34)CCC5)CC2)cc1. The van der Waals surface area contributed by atoms with Crippen LogP contribution in [0.2, 0.25) is 0 Å². The Kier molecular flexibility index (Phi) is 4.27. The zero-order chi connectivity index (χ0) is 18.2. The van der Waals surface area contributed by atoms with Crippen LogP contribution in [-0.2, 0) is 19.4 Å². The highest BCUT2D eigenvalue weighted by molar-refractivity contribution is 7.19. The second kappa shape index (κ2) is 6.91. The summed E-state index contributed by atoms with van der Waals surface area (Å²) >= 11 is 1.86. The van der Waals surface area contributed by atoms with Crippen molar-refractivity contribution in [3.8, 4) is 6.07 Å². The number of aryl methyl sites for hydroxylation is 2. The third-order valence-electron chi connectivity index (χ3n) is 5.64. The van der Waals surface area contributed by atoms with Crippen LogP contribution in [0.1, 0.15) is 28.0 Å². The number of rotatable bonds is 3. The molecule has 5 rings (SSSR count). The van der Waals surface area contributed by atoms with E-state index in [1.165, 1.54) is 40.7 Å². The molecule has 3 heterocycles. The van der Waals surface area contributed by atoms with Gasteiger partial charge in [0.15, 0.2) is 0 Å². The number of anilines is 1. The molecule has 1 aliphatic heterocycles. The first kappa shape index (κ1) is 16.7. The van der Waals surface area contributed by atoms with Gasteiger partial charge in [-0.3, -0.25) is 4.90 Å². The predicted octanol–water partition coefficient (Wildman–Crippen LogP) is 3.37. The number of hydrogen-bond donors (Lipinski definition) is 0. The molecule has 0 spiro atoms. The van der Waals surface area contributed by atoms with E-state index in [1.54, 1.807) is 6.33 Å². The van der Waals surface area contributed by atoms with E-state index in [-0.39, 0.29) is 0 Å². The van der Waals surface area contributed by atoms with E-state index in [1.807, 2.05) is 23.5 Å². The van der Waals surface area contributed by atoms with Crippen molar-refractivity contribution in [2.45, 2.75) is 25.8 Å². The lowest BCUT2D eigenvalue weighted by molar-refractivity contribution is 0.249. The van der Waals surface area contributed by atoms with Gasteiger partial charge in [-0.05, 0) is 42.5 Å². The van der Waals surface area contributed by atoms with E-state index in [0.717, 1.165) is 48.9 Å². The first-order chi connectivity index (χ1) is 13.3. The molecule has 1 aliphatic carbocycles. The van der Waals surface area contributed by atoms with Crippen molar-refractivity contribution in [2.24, 2.45) is 0 Å². The topological polar surface area (TPSA) is 56.1 Å². The highest BCUT2D eigenvalue weighted by Crippen LogP contribution is 2.40. The fourth-order valence-corrected chi connectivity index (χ4v) is 5.44. The molecule has 5 nitrogen and oxygen atoms in total. The summed E-state index contributed by atoms with van der Waals surface area (Å²) in [5.74, 6) is 1.14. The molecule has 0 amide bonds. The molecule has 2 aromatic heterocycles. The molecule has 1 saturated heterocycles. The molecule has 3 aromatic rings. The van der Waals surface area contributed by atoms with Gasteiger partial charge >= 0.3 is 0 Å². The number of hydrogen-bond acceptors (Lipinski definition) is 6. The lowest BCUT2D eigenvalue weighted by Crippen LogP contribution is -2.46. The van der Waals surface area contributed by atoms with Crippen LogP contribution in [0.4, 0.5) is 5.82 Å². The van der Waals surface area contributed by atoms with E-state index in [0.29, 0.717) is 0 Å². The van der Waals surface area contributed by atoms with Crippen LogP contribution in [0.5, 0.6) is 0 Å². The molecule has 1 aromatic carbocycles. The maximum Gasteiger partial charge on any atom is 0.141 e. The minimum absolute atomic E-state index is 0.722. The molecular weight excluding hydrogens is 354 g/mol. The van der Waals surface area contributed by atoms with Gasteiger partial charge in [-0.25, -0.2) is 9.97 Å². The smallest absolute Gasteiger partial charge is 0.141 e. The number of benzene rings is 1. The third kappa shape index (κ3) is 3.07. The van der Waals surface area contributed by atoms with Crippen molar-refractivity contribution in [1.29, 1.82) is 5.26 Å². The number of nitrogens with zero attached hydrogens (tertiary/aromatic N) is 5. The normalized spacial score (nSPS) is 17.2. The lowest BCUT2D eigenvalue weighted by Gasteiger charge is -2.35. The molecular formula is C21H21N5S. The largest absolute Gasteiger partial charge is 0.353 e. The lowest BCUT2D eigenvalue weighted by atomic mass is 10.1. The van der Waals surface area contributed by atoms with Gasteiger partial charge in [-0.15, -0.1) is 11.3 Å². The molecule has 2 aliphatic rings. The second-order valence-corrected chi connectivity index (χ2v) is 8.39. The Labute approximate surface area is 162 Å². The van der Waals surface area contributed by atoms with Crippen LogP contribution in [0, 0.1) is 11.3 Å². The number of piperazine rings is 1. The first-order valence-corrected chi connectivity index (χ1v) is 10.3. The number of thiophene rings is 1. The molecule has 0 atom stereocenters. The molecule has 27 heavy (non-hydrogen) atoms. The highest BCUT2D eigenvalue weighted by atomic mass is 32.1. The van der Waals surface area contributed by atoms with Crippen molar-refractivity contribution < 1.29 is 0 Å². The van der Waals surface area contributed by atoms with E-state index < -0.39 is 0 Å². The van der Waals surface area contributed by atoms with Crippen molar-refractivity contribution in [3.63, 3.8) is 0 Å². The van der Waals surface area contributed by atoms with E-state index >= 15 is 0 Å². The van der Waals surface area contributed by atoms with E-state index in [9.17, 15) is 0 Å². The molecule has 6 heteroatoms. The second-order valence-electron chi connectivity index (χ2n) is 7.31. The molecule has 0 saturated carbocycles. The quantitative estimate of drug-likeness (QED) is 0.702. The fraction of sp³-hybridized carbons (Fsp3) is 0.381. The molecule has 0 bridgehead atoms. The Bertz CT molecular complexity index is 1010. The van der Waals surface area contributed by atoms with Gasteiger partial charge in [-0.2, -0.15) is 5.26 Å². The summed E-state index contributed by atoms with van der Waals surface area (Å²) < 4.78 is 0. The summed E-state index contributed by atoms with van der Waals surface area (Å²) in [6.45, 7) is 4.97. The Hall–Kier alpha value is -2.49. The monoisotopic (exact) mass is 375 g/mol. The zero-order valence-corrected chi connectivity index (χ0v) is 16.0. The van der Waals surface area contributed by atoms with Gasteiger partial charge in [0.25, 0.3) is 0 Å². The molecule has 0 N–H and O–H groups in total. The maximum absolute atomic E-state index is 8.93. The first-order valence-electron chi connectivity index (χ1n) is 9.53. The number of aromatic nitrogens is 2. The molecule has 1 fully saturated rings. The maximum atomic E-state index is 8.93. The summed E-state index contributed by atoms with van der Waals surface area (Å²) in [5.41, 5.74) is 3.49. The van der Waals surface area contributed by atoms with Gasteiger partial charge in [-0.1, -0.05) is 12.1 Å². The molecule has 0 unspecified atom stereocenters. The van der Waals surface area contributed by atoms with Crippen LogP contribution in [0.25, 0.3) is 10.2 Å². The number of fused-ring (bicyclic) bond motifs is 3. The Morgan fingerprint density at radius 2 is 1.85 bits per heavy atom. The van der Waals surface area contributed by atoms with Gasteiger partial charge < -0.3 is 4.90 Å². The average Bonchev–Trinajstić information content (AvgIpc) is 3.30. The van der Waals surface area contributed by atoms with Gasteiger partial charge in [0.05, 0.1) is 17.0 Å². The minimum atomic E-state index is 0.722. The van der Waals surface area contributed by atoms with Gasteiger partial charge in [0, 0.05) is 37.6 Å². The van der Waals surface area contributed by atoms with Crippen molar-refractivity contribution in [1.82, 2.24) is 14.9 Å². The average molecular weight is 376 g/mol. The Morgan fingerprint density at radius 1 is 1.04 bits per heavy atom. The Balaban J connectivity index is 1.31. The zero-order valence-electron chi connectivity index (χ0n) is 15.2. The van der Waals surface area contributed by atoms with Crippen molar-refractivity contribution in [2.75, 3.05) is 31.1 Å². The molecule has 136 valence electrons. The summed E-state index contributed by atoms with van der Waals surface area (Å²) in [6.07, 6.45) is 5.37. The van der Waals surface area contributed by atoms with Gasteiger partial charge in [0.1, 0.15) is 17.0 Å². The van der Waals surface area contributed by atoms with E-state index in [4.69, 9.17) is 5.26 Å². The predicted molar refractivity (Wildman–Crippen MR) is 108 cm³/mol. The minimum Gasteiger partial charge on any atom is -0.353 e. The van der Waals surface area contributed by atoms with Crippen LogP contribution < -0.4 is 4.90 Å². The summed E-state index contributed by atoms with van der Waals surface area (Å²) in [4.78, 5) is 16.8. The fourth-order valence-electron chi connectivity index (χ4n) is 4.21. The van der Waals surface area contributed by atoms with Crippen LogP contribution >= 0.6 is 11.3 Å².